The number of rotatable bonds is 23. The molecule has 9 rings (SSSR count). The van der Waals surface area contributed by atoms with Crippen molar-refractivity contribution in [3.63, 3.8) is 0 Å². The smallest absolute Gasteiger partial charge is 0.408 e. The maximum atomic E-state index is 12.9. The molecule has 748 valence electrons. The number of carbonyl (C=O) groups excluding carboxylic acids is 19. The number of cyclic esters (lactones) is 2. The zero-order chi connectivity index (χ0) is 102. The summed E-state index contributed by atoms with van der Waals surface area (Å²) in [5.41, 5.74) is -1.39. The van der Waals surface area contributed by atoms with Gasteiger partial charge in [-0.1, -0.05) is 79.7 Å². The summed E-state index contributed by atoms with van der Waals surface area (Å²) in [5, 5.41) is 30.3. The molecular formula is C90H121N9O37. The lowest BCUT2D eigenvalue weighted by atomic mass is 9.94. The van der Waals surface area contributed by atoms with Crippen molar-refractivity contribution in [2.75, 3.05) is 68.6 Å². The molecule has 136 heavy (non-hydrogen) atoms. The van der Waals surface area contributed by atoms with E-state index in [1.54, 1.807) is 139 Å². The number of benzene rings is 2. The Kier molecular flexibility index (Phi) is 48.8. The summed E-state index contributed by atoms with van der Waals surface area (Å²) in [7, 11) is 6.28. The summed E-state index contributed by atoms with van der Waals surface area (Å²) in [6.07, 6.45) is 3.18. The van der Waals surface area contributed by atoms with Crippen molar-refractivity contribution in [1.29, 1.82) is 0 Å². The summed E-state index contributed by atoms with van der Waals surface area (Å²) in [5.74, 6) is -9.36. The van der Waals surface area contributed by atoms with Gasteiger partial charge in [0, 0.05) is 6.20 Å². The normalized spacial score (nSPS) is 18.7. The molecule has 0 aliphatic carbocycles. The van der Waals surface area contributed by atoms with Crippen LogP contribution in [0.5, 0.6) is 0 Å². The van der Waals surface area contributed by atoms with Crippen LogP contribution >= 0.6 is 0 Å². The lowest BCUT2D eigenvalue weighted by Gasteiger charge is -2.38. The predicted molar refractivity (Wildman–Crippen MR) is 465 cm³/mol. The van der Waals surface area contributed by atoms with E-state index in [0.29, 0.717) is 63.5 Å². The Morgan fingerprint density at radius 1 is 0.456 bits per heavy atom. The van der Waals surface area contributed by atoms with E-state index in [4.69, 9.17) is 76.6 Å². The molecule has 7 N–H and O–H groups in total. The first-order valence-corrected chi connectivity index (χ1v) is 42.5. The molecule has 2 aromatic heterocycles. The van der Waals surface area contributed by atoms with Crippen molar-refractivity contribution in [2.45, 2.75) is 244 Å². The number of hydrogen-bond donors (Lipinski definition) is 7. The Balaban J connectivity index is 0.000000427. The molecular weight excluding hydrogens is 1800 g/mol. The fourth-order valence-electron chi connectivity index (χ4n) is 12.3. The molecule has 0 bridgehead atoms. The number of ether oxygens (including phenoxy) is 15. The van der Waals surface area contributed by atoms with E-state index < -0.39 is 210 Å². The first-order chi connectivity index (χ1) is 63.9. The third-order valence-electron chi connectivity index (χ3n) is 18.4. The van der Waals surface area contributed by atoms with E-state index in [1.807, 2.05) is 36.4 Å². The number of carboxylic acids is 1. The van der Waals surface area contributed by atoms with Crippen LogP contribution in [0, 0.1) is 5.92 Å². The highest BCUT2D eigenvalue weighted by atomic mass is 16.6. The predicted octanol–water partition coefficient (Wildman–Crippen LogP) is 5.21. The number of carbonyl (C=O) groups is 18. The standard InChI is InChI=1S/C23H26N2O8.C16H26N2O8.C16H24N2O7.C15H21NO5.C12H17NO5.C7H7NO2.CO2/c1-23(2,3)33-22(29)25-18(21(28)31-13-15-9-6-5-7-10-15)14-32-20(27)17-12-8-11-16(24-17)19(26)30-4;1-16(2,3)26-15(23)18-11(12(19)20)8-25-14(22)10-7-5-6-9(17-10)13(21)24-4;1-16(2,3)25-15(22)17-9-8-24-14(21)11-7-5-6-10(13(20)23-4)18(11)12(9)19;1-15(2,3)21-14(19)16-12(9-17)13(18)20-10-11-7-5-4-6-8-11;1-7-6-18-12(16)9-5-3-4-8(11(15)17-2)13(9)10(7)14;1-10-7(9)6-4-2-3-5-8-6;2-1-3/h5-12,18H,13-14H2,1-4H3,(H,25,29);9-11,17H,5-8H2,1-4H3,(H,18,23)(H,19,20);9-11H,5-8H2,1-4H3,(H,17,22);4-8,12,17H,9-10H2,1-3H3,(H,16,19);7-9H,3-6H2,1-2H3;2-5H,1H3;/t18-;9?,10-,11+;9-,10-,11+;12-;7-,8-,9+;;/m01000../s1. The third kappa shape index (κ3) is 42.3. The summed E-state index contributed by atoms with van der Waals surface area (Å²) in [4.78, 5) is 241. The number of aliphatic carboxylic acids is 1. The van der Waals surface area contributed by atoms with Crippen LogP contribution in [0.15, 0.2) is 103 Å². The van der Waals surface area contributed by atoms with Gasteiger partial charge in [0.15, 0.2) is 18.1 Å². The second-order valence-corrected chi connectivity index (χ2v) is 33.8. The number of nitrogens with zero attached hydrogens (tertiary/aromatic N) is 4. The Morgan fingerprint density at radius 2 is 0.846 bits per heavy atom. The van der Waals surface area contributed by atoms with Crippen LogP contribution in [0.2, 0.25) is 0 Å². The van der Waals surface area contributed by atoms with Gasteiger partial charge in [0.1, 0.15) is 121 Å². The lowest BCUT2D eigenvalue weighted by molar-refractivity contribution is -0.192. The van der Waals surface area contributed by atoms with E-state index in [2.05, 4.69) is 50.8 Å². The minimum atomic E-state index is -1.45. The molecule has 0 radical (unpaired) electrons. The lowest BCUT2D eigenvalue weighted by Crippen LogP contribution is -2.59. The molecule has 1 unspecified atom stereocenters. The highest BCUT2D eigenvalue weighted by Crippen LogP contribution is 2.31. The van der Waals surface area contributed by atoms with Gasteiger partial charge in [-0.25, -0.2) is 77.1 Å². The molecule has 7 heterocycles. The number of aromatic nitrogens is 2. The minimum absolute atomic E-state index is 0.0388. The molecule has 5 fully saturated rings. The number of aliphatic hydroxyl groups is 1. The van der Waals surface area contributed by atoms with Crippen molar-refractivity contribution in [3.8, 4) is 0 Å². The zero-order valence-corrected chi connectivity index (χ0v) is 79.0. The third-order valence-corrected chi connectivity index (χ3v) is 18.4. The van der Waals surface area contributed by atoms with Crippen molar-refractivity contribution < 1.29 is 177 Å². The Morgan fingerprint density at radius 3 is 1.28 bits per heavy atom. The molecule has 0 saturated carbocycles. The minimum Gasteiger partial charge on any atom is -0.480 e. The Bertz CT molecular complexity index is 4700. The number of hydrogen-bond acceptors (Lipinski definition) is 39. The monoisotopic (exact) mass is 1920 g/mol. The molecule has 6 amide bonds. The molecule has 0 spiro atoms. The van der Waals surface area contributed by atoms with Crippen molar-refractivity contribution in [2.24, 2.45) is 5.92 Å². The number of piperidine rings is 3. The summed E-state index contributed by atoms with van der Waals surface area (Å²) in [6, 6.07) is 17.8. The number of methoxy groups -OCH3 is 5. The number of aliphatic hydroxyl groups excluding tert-OH is 1. The van der Waals surface area contributed by atoms with Gasteiger partial charge in [-0.05, 0) is 176 Å². The fraction of sp³-hybridized carbons (Fsp3) is 0.544. The first-order valence-electron chi connectivity index (χ1n) is 42.5. The molecule has 46 heteroatoms. The first kappa shape index (κ1) is 116. The van der Waals surface area contributed by atoms with Crippen LogP contribution in [0.1, 0.15) is 190 Å². The molecule has 4 aromatic rings. The van der Waals surface area contributed by atoms with E-state index in [1.165, 1.54) is 63.5 Å². The number of carboxylic acid groups (broad SMARTS) is 1. The molecule has 5 aliphatic rings. The highest BCUT2D eigenvalue weighted by Gasteiger charge is 2.49. The fourth-order valence-corrected chi connectivity index (χ4v) is 12.3. The van der Waals surface area contributed by atoms with Crippen LogP contribution in [0.4, 0.5) is 19.2 Å². The van der Waals surface area contributed by atoms with Gasteiger partial charge in [-0.15, -0.1) is 0 Å². The quantitative estimate of drug-likeness (QED) is 0.0370. The Labute approximate surface area is 784 Å². The average Bonchev–Trinajstić information content (AvgIpc) is 1.57. The molecule has 5 aliphatic heterocycles. The zero-order valence-electron chi connectivity index (χ0n) is 79.0. The number of amides is 6. The second kappa shape index (κ2) is 57.3. The maximum Gasteiger partial charge on any atom is 0.408 e. The van der Waals surface area contributed by atoms with Crippen LogP contribution < -0.4 is 26.6 Å². The van der Waals surface area contributed by atoms with Gasteiger partial charge < -0.3 is 112 Å². The van der Waals surface area contributed by atoms with Crippen LogP contribution in [-0.4, -0.2) is 295 Å². The largest absolute Gasteiger partial charge is 0.480 e. The van der Waals surface area contributed by atoms with Gasteiger partial charge >= 0.3 is 102 Å². The number of esters is 11. The van der Waals surface area contributed by atoms with Gasteiger partial charge in [0.25, 0.3) is 0 Å². The summed E-state index contributed by atoms with van der Waals surface area (Å²) in [6.45, 7) is 19.9. The SMILES string of the molecule is CC(C)(C)OC(=O)N[C@@H](CO)C(=O)OCc1ccccc1.COC(=O)C1CCC[C@H](C(=O)OC[C@H](NC(=O)OC(C)(C)C)C(=O)O)N1.COC(=O)[C@@H]1CCC[C@@H]2C(=O)OC[C@H](C)C(=O)N21.COC(=O)[C@@H]1CCC[C@@H]2C(=O)OC[C@H](NC(=O)OC(C)(C)C)C(=O)N21.COC(=O)c1cccc(C(=O)OC[C@H](NC(=O)OC(C)(C)C)C(=O)OCc2ccccc2)n1.COC(=O)c1ccccn1.O=C=O. The van der Waals surface area contributed by atoms with E-state index in [9.17, 15) is 86.3 Å². The molecule has 46 nitrogen and oxygen atoms in total. The summed E-state index contributed by atoms with van der Waals surface area (Å²) >= 11 is 0. The number of pyridine rings is 2. The summed E-state index contributed by atoms with van der Waals surface area (Å²) < 4.78 is 74.0. The van der Waals surface area contributed by atoms with Crippen molar-refractivity contribution >= 4 is 114 Å². The molecule has 5 saturated heterocycles. The molecule has 2 aromatic carbocycles. The maximum absolute atomic E-state index is 12.9. The number of alkyl carbamates (subject to hydrolysis) is 4. The highest BCUT2D eigenvalue weighted by molar-refractivity contribution is 5.96. The van der Waals surface area contributed by atoms with Gasteiger partial charge in [-0.3, -0.25) is 24.5 Å². The topological polar surface area (TPSA) is 613 Å². The van der Waals surface area contributed by atoms with Crippen LogP contribution in [0.3, 0.4) is 0 Å². The van der Waals surface area contributed by atoms with Crippen molar-refractivity contribution in [1.82, 2.24) is 46.4 Å². The van der Waals surface area contributed by atoms with E-state index in [-0.39, 0.29) is 49.9 Å². The van der Waals surface area contributed by atoms with Gasteiger partial charge in [0.05, 0.1) is 48.1 Å². The van der Waals surface area contributed by atoms with Gasteiger partial charge in [-0.2, -0.15) is 9.59 Å². The second-order valence-electron chi connectivity index (χ2n) is 33.8. The molecule has 11 atom stereocenters. The van der Waals surface area contributed by atoms with Crippen molar-refractivity contribution in [3.05, 3.63) is 131 Å². The Hall–Kier alpha value is -14.3. The van der Waals surface area contributed by atoms with E-state index >= 15 is 0 Å². The average molecular weight is 1920 g/mol. The van der Waals surface area contributed by atoms with Crippen LogP contribution in [-0.2, 0) is 147 Å². The van der Waals surface area contributed by atoms with Gasteiger partial charge in [0.2, 0.25) is 11.8 Å². The number of fused-ring (bicyclic) bond motifs is 2. The van der Waals surface area contributed by atoms with E-state index in [0.717, 1.165) is 11.1 Å². The van der Waals surface area contributed by atoms with Crippen LogP contribution in [0.25, 0.3) is 0 Å². The number of nitrogens with one attached hydrogen (secondary N) is 5.